The molecule has 0 aliphatic heterocycles. The number of oxime groups is 1. The molecule has 0 bridgehead atoms. The normalized spacial score (nSPS) is 11.7. The van der Waals surface area contributed by atoms with E-state index >= 15 is 0 Å². The first kappa shape index (κ1) is 16.8. The van der Waals surface area contributed by atoms with E-state index in [9.17, 15) is 0 Å². The van der Waals surface area contributed by atoms with E-state index in [2.05, 4.69) is 46.5 Å². The van der Waals surface area contributed by atoms with Crippen molar-refractivity contribution < 1.29 is 5.21 Å². The zero-order valence-corrected chi connectivity index (χ0v) is 14.7. The second-order valence-electron chi connectivity index (χ2n) is 6.21. The number of hydrogen-bond acceptors (Lipinski definition) is 3. The molecular formula is C23H19N3O. The second-order valence-corrected chi connectivity index (χ2v) is 6.21. The van der Waals surface area contributed by atoms with Crippen LogP contribution in [0, 0.1) is 0 Å². The van der Waals surface area contributed by atoms with Gasteiger partial charge in [-0.25, -0.2) is 4.98 Å². The molecule has 0 aliphatic rings. The molecule has 0 aliphatic carbocycles. The Labute approximate surface area is 158 Å². The van der Waals surface area contributed by atoms with Crippen LogP contribution in [0.1, 0.15) is 22.5 Å². The predicted octanol–water partition coefficient (Wildman–Crippen LogP) is 4.53. The van der Waals surface area contributed by atoms with Gasteiger partial charge in [0.2, 0.25) is 0 Å². The summed E-state index contributed by atoms with van der Waals surface area (Å²) in [6, 6.07) is 30.9. The van der Waals surface area contributed by atoms with Crippen LogP contribution in [0.3, 0.4) is 0 Å². The maximum Gasteiger partial charge on any atom is 0.155 e. The number of rotatable bonds is 5. The molecule has 4 heteroatoms. The molecule has 4 rings (SSSR count). The van der Waals surface area contributed by atoms with E-state index in [4.69, 9.17) is 5.21 Å². The van der Waals surface area contributed by atoms with Crippen LogP contribution in [0.5, 0.6) is 0 Å². The monoisotopic (exact) mass is 353 g/mol. The van der Waals surface area contributed by atoms with Gasteiger partial charge in [-0.15, -0.1) is 0 Å². The van der Waals surface area contributed by atoms with Gasteiger partial charge in [0.05, 0.1) is 0 Å². The second kappa shape index (κ2) is 7.30. The number of aromatic nitrogens is 2. The molecule has 0 saturated carbocycles. The SMILES string of the molecule is O/N=C/c1nccn1C(c1ccccc1)(c1ccccc1)c1ccccc1. The van der Waals surface area contributed by atoms with Gasteiger partial charge in [-0.1, -0.05) is 96.2 Å². The molecule has 0 radical (unpaired) electrons. The molecule has 132 valence electrons. The molecule has 0 amide bonds. The molecular weight excluding hydrogens is 334 g/mol. The van der Waals surface area contributed by atoms with Crippen molar-refractivity contribution in [2.45, 2.75) is 5.54 Å². The molecule has 1 aromatic heterocycles. The number of imidazole rings is 1. The van der Waals surface area contributed by atoms with Crippen LogP contribution in [0.15, 0.2) is 109 Å². The van der Waals surface area contributed by atoms with Crippen molar-refractivity contribution in [1.82, 2.24) is 9.55 Å². The average Bonchev–Trinajstić information content (AvgIpc) is 3.20. The van der Waals surface area contributed by atoms with E-state index in [-0.39, 0.29) is 0 Å². The van der Waals surface area contributed by atoms with Gasteiger partial charge in [0, 0.05) is 12.4 Å². The molecule has 1 N–H and O–H groups in total. The first-order valence-corrected chi connectivity index (χ1v) is 8.75. The molecule has 1 heterocycles. The molecule has 0 unspecified atom stereocenters. The largest absolute Gasteiger partial charge is 0.411 e. The lowest BCUT2D eigenvalue weighted by Crippen LogP contribution is -2.38. The minimum Gasteiger partial charge on any atom is -0.411 e. The molecule has 0 spiro atoms. The van der Waals surface area contributed by atoms with Gasteiger partial charge >= 0.3 is 0 Å². The van der Waals surface area contributed by atoms with Crippen LogP contribution in [0.4, 0.5) is 0 Å². The number of nitrogens with zero attached hydrogens (tertiary/aromatic N) is 3. The summed E-state index contributed by atoms with van der Waals surface area (Å²) in [4.78, 5) is 4.40. The van der Waals surface area contributed by atoms with E-state index in [1.807, 2.05) is 65.4 Å². The maximum absolute atomic E-state index is 9.16. The lowest BCUT2D eigenvalue weighted by atomic mass is 9.76. The standard InChI is InChI=1S/C23H19N3O/c27-25-18-22-24-16-17-26(22)23(19-10-4-1-5-11-19,20-12-6-2-7-13-20)21-14-8-3-9-15-21/h1-18,27H/b25-18+. The summed E-state index contributed by atoms with van der Waals surface area (Å²) < 4.78 is 2.05. The quantitative estimate of drug-likeness (QED) is 0.248. The topological polar surface area (TPSA) is 50.4 Å². The van der Waals surface area contributed by atoms with E-state index in [1.165, 1.54) is 6.21 Å². The highest BCUT2D eigenvalue weighted by Crippen LogP contribution is 2.41. The number of hydrogen-bond donors (Lipinski definition) is 1. The summed E-state index contributed by atoms with van der Waals surface area (Å²) in [5.74, 6) is 0.564. The van der Waals surface area contributed by atoms with E-state index in [1.54, 1.807) is 6.20 Å². The van der Waals surface area contributed by atoms with Gasteiger partial charge in [-0.3, -0.25) is 0 Å². The third-order valence-corrected chi connectivity index (χ3v) is 4.78. The molecule has 27 heavy (non-hydrogen) atoms. The molecule has 3 aromatic carbocycles. The highest BCUT2D eigenvalue weighted by Gasteiger charge is 2.39. The Kier molecular flexibility index (Phi) is 4.54. The minimum absolute atomic E-state index is 0.564. The fraction of sp³-hybridized carbons (Fsp3) is 0.0435. The van der Waals surface area contributed by atoms with Gasteiger partial charge in [0.1, 0.15) is 11.8 Å². The summed E-state index contributed by atoms with van der Waals surface area (Å²) in [7, 11) is 0. The predicted molar refractivity (Wildman–Crippen MR) is 106 cm³/mol. The summed E-state index contributed by atoms with van der Waals surface area (Å²) in [6.07, 6.45) is 5.01. The smallest absolute Gasteiger partial charge is 0.155 e. The third-order valence-electron chi connectivity index (χ3n) is 4.78. The first-order valence-electron chi connectivity index (χ1n) is 8.75. The Morgan fingerprint density at radius 2 is 1.19 bits per heavy atom. The van der Waals surface area contributed by atoms with Gasteiger partial charge < -0.3 is 9.77 Å². The molecule has 0 saturated heterocycles. The first-order chi connectivity index (χ1) is 13.4. The van der Waals surface area contributed by atoms with Crippen molar-refractivity contribution in [1.29, 1.82) is 0 Å². The zero-order valence-electron chi connectivity index (χ0n) is 14.7. The van der Waals surface area contributed by atoms with Crippen LogP contribution < -0.4 is 0 Å². The van der Waals surface area contributed by atoms with Crippen molar-refractivity contribution in [2.75, 3.05) is 0 Å². The summed E-state index contributed by atoms with van der Waals surface area (Å²) in [5, 5.41) is 12.4. The molecule has 4 nitrogen and oxygen atoms in total. The van der Waals surface area contributed by atoms with Crippen LogP contribution in [-0.2, 0) is 5.54 Å². The van der Waals surface area contributed by atoms with Gasteiger partial charge in [-0.2, -0.15) is 0 Å². The van der Waals surface area contributed by atoms with E-state index in [0.717, 1.165) is 16.7 Å². The average molecular weight is 353 g/mol. The van der Waals surface area contributed by atoms with Gasteiger partial charge in [0.25, 0.3) is 0 Å². The summed E-state index contributed by atoms with van der Waals surface area (Å²) >= 11 is 0. The molecule has 0 fully saturated rings. The summed E-state index contributed by atoms with van der Waals surface area (Å²) in [5.41, 5.74) is 2.62. The van der Waals surface area contributed by atoms with Crippen molar-refractivity contribution in [2.24, 2.45) is 5.16 Å². The lowest BCUT2D eigenvalue weighted by molar-refractivity contribution is 0.321. The Balaban J connectivity index is 2.15. The van der Waals surface area contributed by atoms with Crippen LogP contribution >= 0.6 is 0 Å². The van der Waals surface area contributed by atoms with Crippen LogP contribution in [0.25, 0.3) is 0 Å². The highest BCUT2D eigenvalue weighted by atomic mass is 16.4. The van der Waals surface area contributed by atoms with Gasteiger partial charge in [-0.05, 0) is 16.7 Å². The van der Waals surface area contributed by atoms with Crippen molar-refractivity contribution in [3.8, 4) is 0 Å². The molecule has 4 aromatic rings. The van der Waals surface area contributed by atoms with Gasteiger partial charge in [0.15, 0.2) is 5.82 Å². The number of benzene rings is 3. The summed E-state index contributed by atoms with van der Waals surface area (Å²) in [6.45, 7) is 0. The van der Waals surface area contributed by atoms with E-state index < -0.39 is 5.54 Å². The fourth-order valence-corrected chi connectivity index (χ4v) is 3.70. The highest BCUT2D eigenvalue weighted by molar-refractivity contribution is 5.75. The Bertz CT molecular complexity index is 928. The van der Waals surface area contributed by atoms with E-state index in [0.29, 0.717) is 5.82 Å². The minimum atomic E-state index is -0.656. The van der Waals surface area contributed by atoms with Crippen molar-refractivity contribution in [3.63, 3.8) is 0 Å². The Morgan fingerprint density at radius 1 is 0.741 bits per heavy atom. The zero-order chi connectivity index (χ0) is 18.5. The Morgan fingerprint density at radius 3 is 1.59 bits per heavy atom. The van der Waals surface area contributed by atoms with Crippen LogP contribution in [0.2, 0.25) is 0 Å². The third kappa shape index (κ3) is 2.81. The fourth-order valence-electron chi connectivity index (χ4n) is 3.70. The maximum atomic E-state index is 9.16. The van der Waals surface area contributed by atoms with Crippen molar-refractivity contribution >= 4 is 6.21 Å². The molecule has 0 atom stereocenters. The van der Waals surface area contributed by atoms with Crippen LogP contribution in [-0.4, -0.2) is 21.0 Å². The lowest BCUT2D eigenvalue weighted by Gasteiger charge is -2.38. The Hall–Kier alpha value is -3.66. The van der Waals surface area contributed by atoms with Crippen molar-refractivity contribution in [3.05, 3.63) is 126 Å².